The molecule has 2 amide bonds. The zero-order valence-electron chi connectivity index (χ0n) is 16.7. The lowest BCUT2D eigenvalue weighted by atomic mass is 10.1. The number of methoxy groups -OCH3 is 1. The number of aryl methyl sites for hydroxylation is 1. The van der Waals surface area contributed by atoms with Gasteiger partial charge in [-0.25, -0.2) is 0 Å². The normalized spacial score (nSPS) is 10.3. The first-order chi connectivity index (χ1) is 14.0. The van der Waals surface area contributed by atoms with Crippen molar-refractivity contribution >= 4 is 23.2 Å². The Morgan fingerprint density at radius 2 is 1.79 bits per heavy atom. The Kier molecular flexibility index (Phi) is 6.24. The Morgan fingerprint density at radius 3 is 2.52 bits per heavy atom. The maximum atomic E-state index is 13.1. The summed E-state index contributed by atoms with van der Waals surface area (Å²) >= 11 is 0. The largest absolute Gasteiger partial charge is 0.495 e. The van der Waals surface area contributed by atoms with Gasteiger partial charge in [-0.15, -0.1) is 0 Å². The number of carbonyl (C=O) groups excluding carboxylic acids is 2. The third-order valence-corrected chi connectivity index (χ3v) is 4.48. The minimum absolute atomic E-state index is 0.211. The van der Waals surface area contributed by atoms with Crippen LogP contribution >= 0.6 is 0 Å². The molecule has 3 aromatic rings. The van der Waals surface area contributed by atoms with Crippen LogP contribution in [0.15, 0.2) is 67.0 Å². The van der Waals surface area contributed by atoms with E-state index in [9.17, 15) is 9.59 Å². The lowest BCUT2D eigenvalue weighted by Gasteiger charge is -2.21. The van der Waals surface area contributed by atoms with Crippen LogP contribution < -0.4 is 15.0 Å². The fourth-order valence-corrected chi connectivity index (χ4v) is 3.02. The van der Waals surface area contributed by atoms with Crippen molar-refractivity contribution in [1.82, 2.24) is 4.98 Å². The Bertz CT molecular complexity index is 1030. The summed E-state index contributed by atoms with van der Waals surface area (Å²) in [6, 6.07) is 16.4. The quantitative estimate of drug-likeness (QED) is 0.682. The highest BCUT2D eigenvalue weighted by molar-refractivity contribution is 6.09. The second-order valence-electron chi connectivity index (χ2n) is 6.51. The van der Waals surface area contributed by atoms with Crippen molar-refractivity contribution in [3.8, 4) is 5.75 Å². The van der Waals surface area contributed by atoms with Gasteiger partial charge in [0.15, 0.2) is 0 Å². The van der Waals surface area contributed by atoms with Gasteiger partial charge in [-0.2, -0.15) is 0 Å². The van der Waals surface area contributed by atoms with E-state index in [1.54, 1.807) is 29.2 Å². The van der Waals surface area contributed by atoms with Gasteiger partial charge in [0.05, 0.1) is 23.9 Å². The minimum atomic E-state index is -0.366. The number of nitrogens with one attached hydrogen (secondary N) is 1. The van der Waals surface area contributed by atoms with Gasteiger partial charge in [0.1, 0.15) is 5.75 Å². The Hall–Kier alpha value is -3.67. The van der Waals surface area contributed by atoms with Gasteiger partial charge in [0.2, 0.25) is 0 Å². The van der Waals surface area contributed by atoms with Gasteiger partial charge in [0, 0.05) is 24.6 Å². The van der Waals surface area contributed by atoms with E-state index in [2.05, 4.69) is 10.3 Å². The van der Waals surface area contributed by atoms with E-state index < -0.39 is 0 Å². The number of nitrogens with zero attached hydrogens (tertiary/aromatic N) is 2. The van der Waals surface area contributed by atoms with Gasteiger partial charge in [-0.1, -0.05) is 24.3 Å². The third-order valence-electron chi connectivity index (χ3n) is 4.48. The SMILES string of the molecule is CCN(C(=O)c1cncc(C(=O)Nc2ccccc2OC)c1)c1cccc(C)c1. The van der Waals surface area contributed by atoms with Crippen LogP contribution in [0.25, 0.3) is 0 Å². The van der Waals surface area contributed by atoms with E-state index in [1.807, 2.05) is 44.2 Å². The number of para-hydroxylation sites is 2. The standard InChI is InChI=1S/C23H23N3O3/c1-4-26(19-9-7-8-16(2)12-19)23(28)18-13-17(14-24-15-18)22(27)25-20-10-5-6-11-21(20)29-3/h5-15H,4H2,1-3H3,(H,25,27). The zero-order chi connectivity index (χ0) is 20.8. The molecule has 0 aliphatic rings. The van der Waals surface area contributed by atoms with E-state index in [0.717, 1.165) is 11.3 Å². The fourth-order valence-electron chi connectivity index (χ4n) is 3.02. The van der Waals surface area contributed by atoms with Crippen molar-refractivity contribution < 1.29 is 14.3 Å². The minimum Gasteiger partial charge on any atom is -0.495 e. The monoisotopic (exact) mass is 389 g/mol. The highest BCUT2D eigenvalue weighted by Gasteiger charge is 2.19. The Morgan fingerprint density at radius 1 is 1.03 bits per heavy atom. The summed E-state index contributed by atoms with van der Waals surface area (Å²) in [5.74, 6) is -0.0227. The number of carbonyl (C=O) groups is 2. The predicted molar refractivity (Wildman–Crippen MR) is 114 cm³/mol. The molecule has 148 valence electrons. The summed E-state index contributed by atoms with van der Waals surface area (Å²) in [5.41, 5.74) is 3.06. The van der Waals surface area contributed by atoms with Crippen LogP contribution in [0, 0.1) is 6.92 Å². The first-order valence-electron chi connectivity index (χ1n) is 9.31. The fraction of sp³-hybridized carbons (Fsp3) is 0.174. The smallest absolute Gasteiger partial charge is 0.259 e. The number of hydrogen-bond donors (Lipinski definition) is 1. The molecule has 3 rings (SSSR count). The van der Waals surface area contributed by atoms with E-state index in [-0.39, 0.29) is 11.8 Å². The molecule has 6 heteroatoms. The molecule has 0 spiro atoms. The maximum absolute atomic E-state index is 13.1. The molecule has 29 heavy (non-hydrogen) atoms. The summed E-state index contributed by atoms with van der Waals surface area (Å²) < 4.78 is 5.26. The van der Waals surface area contributed by atoms with Crippen molar-refractivity contribution in [2.75, 3.05) is 23.9 Å². The van der Waals surface area contributed by atoms with Crippen LogP contribution in [0.3, 0.4) is 0 Å². The lowest BCUT2D eigenvalue weighted by Crippen LogP contribution is -2.31. The number of anilines is 2. The molecule has 1 N–H and O–H groups in total. The molecule has 0 atom stereocenters. The second-order valence-corrected chi connectivity index (χ2v) is 6.51. The Labute approximate surface area is 170 Å². The molecule has 2 aromatic carbocycles. The molecule has 0 aliphatic carbocycles. The van der Waals surface area contributed by atoms with Crippen molar-refractivity contribution in [3.63, 3.8) is 0 Å². The molecule has 0 bridgehead atoms. The van der Waals surface area contributed by atoms with E-state index in [4.69, 9.17) is 4.74 Å². The third kappa shape index (κ3) is 4.60. The number of amides is 2. The molecule has 0 aliphatic heterocycles. The van der Waals surface area contributed by atoms with E-state index >= 15 is 0 Å². The van der Waals surface area contributed by atoms with Crippen LogP contribution in [-0.4, -0.2) is 30.5 Å². The number of ether oxygens (including phenoxy) is 1. The van der Waals surface area contributed by atoms with Gasteiger partial charge < -0.3 is 15.0 Å². The number of rotatable bonds is 6. The second kappa shape index (κ2) is 9.01. The molecule has 1 heterocycles. The summed E-state index contributed by atoms with van der Waals surface area (Å²) in [6.45, 7) is 4.39. The molecule has 6 nitrogen and oxygen atoms in total. The van der Waals surface area contributed by atoms with Crippen molar-refractivity contribution in [2.45, 2.75) is 13.8 Å². The van der Waals surface area contributed by atoms with Gasteiger partial charge in [-0.05, 0) is 49.7 Å². The first-order valence-corrected chi connectivity index (χ1v) is 9.31. The molecule has 0 unspecified atom stereocenters. The predicted octanol–water partition coefficient (Wildman–Crippen LogP) is 4.32. The average molecular weight is 389 g/mol. The first kappa shape index (κ1) is 20.1. The molecule has 0 fully saturated rings. The molecule has 0 saturated heterocycles. The molecule has 0 saturated carbocycles. The van der Waals surface area contributed by atoms with Crippen molar-refractivity contribution in [2.24, 2.45) is 0 Å². The van der Waals surface area contributed by atoms with Crippen LogP contribution in [-0.2, 0) is 0 Å². The summed E-state index contributed by atoms with van der Waals surface area (Å²) in [5, 5.41) is 2.80. The number of pyridine rings is 1. The number of hydrogen-bond acceptors (Lipinski definition) is 4. The maximum Gasteiger partial charge on any atom is 0.259 e. The van der Waals surface area contributed by atoms with E-state index in [0.29, 0.717) is 29.1 Å². The number of benzene rings is 2. The van der Waals surface area contributed by atoms with Crippen molar-refractivity contribution in [1.29, 1.82) is 0 Å². The van der Waals surface area contributed by atoms with E-state index in [1.165, 1.54) is 19.5 Å². The summed E-state index contributed by atoms with van der Waals surface area (Å²) in [6.07, 6.45) is 2.91. The van der Waals surface area contributed by atoms with Gasteiger partial charge in [-0.3, -0.25) is 14.6 Å². The highest BCUT2D eigenvalue weighted by Crippen LogP contribution is 2.24. The average Bonchev–Trinajstić information content (AvgIpc) is 2.74. The number of aromatic nitrogens is 1. The molecular weight excluding hydrogens is 366 g/mol. The van der Waals surface area contributed by atoms with Crippen LogP contribution in [0.2, 0.25) is 0 Å². The summed E-state index contributed by atoms with van der Waals surface area (Å²) in [4.78, 5) is 31.5. The highest BCUT2D eigenvalue weighted by atomic mass is 16.5. The molecule has 0 radical (unpaired) electrons. The van der Waals surface area contributed by atoms with Crippen molar-refractivity contribution in [3.05, 3.63) is 83.7 Å². The van der Waals surface area contributed by atoms with Crippen LogP contribution in [0.1, 0.15) is 33.2 Å². The molecule has 1 aromatic heterocycles. The van der Waals surface area contributed by atoms with Crippen LogP contribution in [0.5, 0.6) is 5.75 Å². The molecular formula is C23H23N3O3. The topological polar surface area (TPSA) is 71.5 Å². The van der Waals surface area contributed by atoms with Gasteiger partial charge in [0.25, 0.3) is 11.8 Å². The lowest BCUT2D eigenvalue weighted by molar-refractivity contribution is 0.0988. The van der Waals surface area contributed by atoms with Crippen LogP contribution in [0.4, 0.5) is 11.4 Å². The zero-order valence-corrected chi connectivity index (χ0v) is 16.7. The Balaban J connectivity index is 1.84. The summed E-state index contributed by atoms with van der Waals surface area (Å²) in [7, 11) is 1.54. The van der Waals surface area contributed by atoms with Gasteiger partial charge >= 0.3 is 0 Å².